The highest BCUT2D eigenvalue weighted by atomic mass is 32.2. The standard InChI is InChI=1S/C25H20N2O2S/c26-16-23-22(15-24(28)27-25(23)30-17-18-8-3-1-4-9-18)19-10-7-13-21(14-19)29-20-11-5-2-6-12-20/h1-14,22H,15,17H2,(H,27,28)/t22-/m1/s1. The number of rotatable bonds is 6. The first-order valence-corrected chi connectivity index (χ1v) is 10.6. The quantitative estimate of drug-likeness (QED) is 0.560. The van der Waals surface area contributed by atoms with Crippen LogP contribution in [0.15, 0.2) is 95.5 Å². The molecule has 0 unspecified atom stereocenters. The van der Waals surface area contributed by atoms with Gasteiger partial charge in [0.25, 0.3) is 0 Å². The maximum Gasteiger partial charge on any atom is 0.225 e. The van der Waals surface area contributed by atoms with Crippen LogP contribution in [0.5, 0.6) is 11.5 Å². The average Bonchev–Trinajstić information content (AvgIpc) is 2.79. The molecule has 1 atom stereocenters. The Labute approximate surface area is 180 Å². The van der Waals surface area contributed by atoms with Gasteiger partial charge in [-0.2, -0.15) is 5.26 Å². The zero-order valence-corrected chi connectivity index (χ0v) is 17.1. The van der Waals surface area contributed by atoms with Gasteiger partial charge in [0.1, 0.15) is 11.5 Å². The molecule has 0 spiro atoms. The van der Waals surface area contributed by atoms with Gasteiger partial charge in [0.05, 0.1) is 16.7 Å². The topological polar surface area (TPSA) is 62.1 Å². The molecule has 0 aliphatic carbocycles. The number of thioether (sulfide) groups is 1. The number of benzene rings is 3. The van der Waals surface area contributed by atoms with Crippen LogP contribution in [0.1, 0.15) is 23.5 Å². The third kappa shape index (κ3) is 4.73. The van der Waals surface area contributed by atoms with Gasteiger partial charge >= 0.3 is 0 Å². The molecule has 0 bridgehead atoms. The first-order chi connectivity index (χ1) is 14.7. The van der Waals surface area contributed by atoms with Crippen molar-refractivity contribution in [3.63, 3.8) is 0 Å². The fourth-order valence-electron chi connectivity index (χ4n) is 3.37. The summed E-state index contributed by atoms with van der Waals surface area (Å²) in [6.07, 6.45) is 0.243. The van der Waals surface area contributed by atoms with E-state index in [-0.39, 0.29) is 18.2 Å². The van der Waals surface area contributed by atoms with E-state index in [9.17, 15) is 10.1 Å². The first kappa shape index (κ1) is 19.8. The van der Waals surface area contributed by atoms with Crippen molar-refractivity contribution >= 4 is 17.7 Å². The van der Waals surface area contributed by atoms with Gasteiger partial charge in [-0.1, -0.05) is 60.7 Å². The second-order valence-corrected chi connectivity index (χ2v) is 7.91. The third-order valence-electron chi connectivity index (χ3n) is 4.82. The Morgan fingerprint density at radius 3 is 2.40 bits per heavy atom. The average molecular weight is 413 g/mol. The highest BCUT2D eigenvalue weighted by Gasteiger charge is 2.29. The Morgan fingerprint density at radius 1 is 0.967 bits per heavy atom. The highest BCUT2D eigenvalue weighted by Crippen LogP contribution is 2.38. The molecule has 148 valence electrons. The van der Waals surface area contributed by atoms with Crippen LogP contribution in [0, 0.1) is 11.3 Å². The smallest absolute Gasteiger partial charge is 0.225 e. The number of carbonyl (C=O) groups is 1. The lowest BCUT2D eigenvalue weighted by atomic mass is 9.87. The number of allylic oxidation sites excluding steroid dienone is 1. The van der Waals surface area contributed by atoms with E-state index in [1.807, 2.05) is 84.9 Å². The normalized spacial score (nSPS) is 16.0. The number of ether oxygens (including phenoxy) is 1. The zero-order chi connectivity index (χ0) is 20.8. The lowest BCUT2D eigenvalue weighted by Crippen LogP contribution is -2.30. The minimum absolute atomic E-state index is 0.0797. The van der Waals surface area contributed by atoms with Crippen molar-refractivity contribution < 1.29 is 9.53 Å². The Morgan fingerprint density at radius 2 is 1.67 bits per heavy atom. The molecular weight excluding hydrogens is 392 g/mol. The van der Waals surface area contributed by atoms with Crippen LogP contribution in [-0.4, -0.2) is 5.91 Å². The Balaban J connectivity index is 1.59. The Kier molecular flexibility index (Phi) is 6.17. The number of nitriles is 1. The van der Waals surface area contributed by atoms with Crippen molar-refractivity contribution in [3.05, 3.63) is 107 Å². The van der Waals surface area contributed by atoms with Crippen molar-refractivity contribution in [1.29, 1.82) is 5.26 Å². The molecule has 3 aromatic carbocycles. The summed E-state index contributed by atoms with van der Waals surface area (Å²) >= 11 is 1.49. The largest absolute Gasteiger partial charge is 0.457 e. The summed E-state index contributed by atoms with van der Waals surface area (Å²) in [5, 5.41) is 13.4. The summed E-state index contributed by atoms with van der Waals surface area (Å²) in [5.41, 5.74) is 2.63. The van der Waals surface area contributed by atoms with Crippen molar-refractivity contribution in [3.8, 4) is 17.6 Å². The minimum Gasteiger partial charge on any atom is -0.457 e. The maximum atomic E-state index is 12.4. The SMILES string of the molecule is N#CC1=C(SCc2ccccc2)NC(=O)C[C@@H]1c1cccc(Oc2ccccc2)c1. The molecule has 4 nitrogen and oxygen atoms in total. The van der Waals surface area contributed by atoms with Gasteiger partial charge in [-0.05, 0) is 35.4 Å². The molecule has 3 aromatic rings. The summed E-state index contributed by atoms with van der Waals surface area (Å²) < 4.78 is 5.93. The van der Waals surface area contributed by atoms with Gasteiger partial charge in [-0.25, -0.2) is 0 Å². The minimum atomic E-state index is -0.290. The molecule has 1 N–H and O–H groups in total. The molecular formula is C25H20N2O2S. The molecule has 1 amide bonds. The maximum absolute atomic E-state index is 12.4. The summed E-state index contributed by atoms with van der Waals surface area (Å²) in [6, 6.07) is 29.5. The fraction of sp³-hybridized carbons (Fsp3) is 0.120. The van der Waals surface area contributed by atoms with Gasteiger partial charge in [-0.3, -0.25) is 4.79 Å². The number of para-hydroxylation sites is 1. The summed E-state index contributed by atoms with van der Waals surface area (Å²) in [7, 11) is 0. The number of nitrogens with zero attached hydrogens (tertiary/aromatic N) is 1. The van der Waals surface area contributed by atoms with Crippen LogP contribution >= 0.6 is 11.8 Å². The van der Waals surface area contributed by atoms with E-state index in [4.69, 9.17) is 4.74 Å². The summed E-state index contributed by atoms with van der Waals surface area (Å²) in [6.45, 7) is 0. The Hall–Kier alpha value is -3.49. The lowest BCUT2D eigenvalue weighted by Gasteiger charge is -2.25. The van der Waals surface area contributed by atoms with Gasteiger partial charge in [0.15, 0.2) is 0 Å². The van der Waals surface area contributed by atoms with Crippen molar-refractivity contribution in [2.75, 3.05) is 0 Å². The molecule has 30 heavy (non-hydrogen) atoms. The molecule has 0 aromatic heterocycles. The second kappa shape index (κ2) is 9.34. The van der Waals surface area contributed by atoms with E-state index >= 15 is 0 Å². The second-order valence-electron chi connectivity index (χ2n) is 6.92. The van der Waals surface area contributed by atoms with Crippen molar-refractivity contribution in [2.24, 2.45) is 0 Å². The predicted molar refractivity (Wildman–Crippen MR) is 119 cm³/mol. The number of carbonyl (C=O) groups excluding carboxylic acids is 1. The van der Waals surface area contributed by atoms with E-state index in [1.165, 1.54) is 11.8 Å². The van der Waals surface area contributed by atoms with E-state index in [2.05, 4.69) is 11.4 Å². The molecule has 4 rings (SSSR count). The molecule has 1 heterocycles. The Bertz CT molecular complexity index is 1100. The fourth-order valence-corrected chi connectivity index (χ4v) is 4.40. The highest BCUT2D eigenvalue weighted by molar-refractivity contribution is 8.02. The van der Waals surface area contributed by atoms with Crippen LogP contribution in [0.2, 0.25) is 0 Å². The van der Waals surface area contributed by atoms with E-state index in [0.29, 0.717) is 22.1 Å². The third-order valence-corrected chi connectivity index (χ3v) is 5.91. The first-order valence-electron chi connectivity index (χ1n) is 9.66. The summed E-state index contributed by atoms with van der Waals surface area (Å²) in [5.74, 6) is 1.74. The van der Waals surface area contributed by atoms with E-state index in [0.717, 1.165) is 16.9 Å². The van der Waals surface area contributed by atoms with Gasteiger partial charge < -0.3 is 10.1 Å². The van der Waals surface area contributed by atoms with Gasteiger partial charge in [0.2, 0.25) is 5.91 Å². The monoisotopic (exact) mass is 412 g/mol. The van der Waals surface area contributed by atoms with Gasteiger partial charge in [0, 0.05) is 18.1 Å². The van der Waals surface area contributed by atoms with Crippen molar-refractivity contribution in [1.82, 2.24) is 5.32 Å². The van der Waals surface area contributed by atoms with Crippen molar-refractivity contribution in [2.45, 2.75) is 18.1 Å². The molecule has 0 saturated heterocycles. The van der Waals surface area contributed by atoms with Gasteiger partial charge in [-0.15, -0.1) is 11.8 Å². The number of hydrogen-bond acceptors (Lipinski definition) is 4. The number of hydrogen-bond donors (Lipinski definition) is 1. The molecule has 0 fully saturated rings. The zero-order valence-electron chi connectivity index (χ0n) is 16.2. The van der Waals surface area contributed by atoms with Crippen LogP contribution in [-0.2, 0) is 10.5 Å². The number of amides is 1. The molecule has 5 heteroatoms. The molecule has 0 saturated carbocycles. The van der Waals surface area contributed by atoms with E-state index in [1.54, 1.807) is 0 Å². The lowest BCUT2D eigenvalue weighted by molar-refractivity contribution is -0.120. The van der Waals surface area contributed by atoms with Crippen LogP contribution < -0.4 is 10.1 Å². The van der Waals surface area contributed by atoms with Crippen LogP contribution in [0.25, 0.3) is 0 Å². The summed E-state index contributed by atoms with van der Waals surface area (Å²) in [4.78, 5) is 12.4. The molecule has 0 radical (unpaired) electrons. The molecule has 1 aliphatic rings. The van der Waals surface area contributed by atoms with Crippen LogP contribution in [0.3, 0.4) is 0 Å². The molecule has 1 aliphatic heterocycles. The number of nitrogens with one attached hydrogen (secondary N) is 1. The van der Waals surface area contributed by atoms with E-state index < -0.39 is 0 Å². The van der Waals surface area contributed by atoms with Crippen LogP contribution in [0.4, 0.5) is 0 Å². The predicted octanol–water partition coefficient (Wildman–Crippen LogP) is 5.75.